The van der Waals surface area contributed by atoms with Crippen LogP contribution in [0.3, 0.4) is 0 Å². The van der Waals surface area contributed by atoms with Gasteiger partial charge in [-0.3, -0.25) is 9.59 Å². The lowest BCUT2D eigenvalue weighted by Crippen LogP contribution is -2.25. The summed E-state index contributed by atoms with van der Waals surface area (Å²) in [4.78, 5) is 24.0. The summed E-state index contributed by atoms with van der Waals surface area (Å²) in [6, 6.07) is 1.50. The zero-order chi connectivity index (χ0) is 17.7. The second-order valence-corrected chi connectivity index (χ2v) is 5.56. The highest BCUT2D eigenvalue weighted by Crippen LogP contribution is 2.44. The van der Waals surface area contributed by atoms with E-state index < -0.39 is 5.91 Å². The molecule has 0 aromatic heterocycles. The summed E-state index contributed by atoms with van der Waals surface area (Å²) in [6.45, 7) is 2.21. The molecule has 0 radical (unpaired) electrons. The van der Waals surface area contributed by atoms with Gasteiger partial charge in [-0.05, 0) is 25.8 Å². The van der Waals surface area contributed by atoms with Crippen molar-refractivity contribution in [3.8, 4) is 17.2 Å². The Morgan fingerprint density at radius 3 is 2.58 bits per heavy atom. The highest BCUT2D eigenvalue weighted by molar-refractivity contribution is 6.35. The molecule has 0 saturated carbocycles. The Kier molecular flexibility index (Phi) is 6.09. The lowest BCUT2D eigenvalue weighted by Gasteiger charge is -2.18. The SMILES string of the molecule is CCOc1c(OC)cc(C(=O)NC2=CC(=O)CCC2)c(Cl)c1OC. The first-order chi connectivity index (χ1) is 11.5. The van der Waals surface area contributed by atoms with E-state index in [-0.39, 0.29) is 22.1 Å². The molecule has 2 rings (SSSR count). The van der Waals surface area contributed by atoms with Gasteiger partial charge in [-0.1, -0.05) is 11.6 Å². The molecule has 24 heavy (non-hydrogen) atoms. The highest BCUT2D eigenvalue weighted by Gasteiger charge is 2.24. The average Bonchev–Trinajstić information content (AvgIpc) is 2.55. The molecular formula is C17H20ClNO5. The minimum Gasteiger partial charge on any atom is -0.493 e. The van der Waals surface area contributed by atoms with Gasteiger partial charge in [-0.2, -0.15) is 0 Å². The fourth-order valence-electron chi connectivity index (χ4n) is 2.48. The molecule has 1 amide bonds. The summed E-state index contributed by atoms with van der Waals surface area (Å²) in [6.07, 6.45) is 3.32. The highest BCUT2D eigenvalue weighted by atomic mass is 35.5. The van der Waals surface area contributed by atoms with Gasteiger partial charge < -0.3 is 19.5 Å². The molecule has 130 valence electrons. The monoisotopic (exact) mass is 353 g/mol. The van der Waals surface area contributed by atoms with Crippen molar-refractivity contribution < 1.29 is 23.8 Å². The summed E-state index contributed by atoms with van der Waals surface area (Å²) < 4.78 is 16.1. The van der Waals surface area contributed by atoms with E-state index in [0.29, 0.717) is 43.1 Å². The summed E-state index contributed by atoms with van der Waals surface area (Å²) in [5.41, 5.74) is 0.770. The van der Waals surface area contributed by atoms with Crippen LogP contribution in [0.25, 0.3) is 0 Å². The number of hydrogen-bond donors (Lipinski definition) is 1. The quantitative estimate of drug-likeness (QED) is 0.850. The number of amides is 1. The summed E-state index contributed by atoms with van der Waals surface area (Å²) in [5, 5.41) is 2.85. The Morgan fingerprint density at radius 2 is 2.00 bits per heavy atom. The Bertz CT molecular complexity index is 684. The Balaban J connectivity index is 2.38. The number of ether oxygens (including phenoxy) is 3. The van der Waals surface area contributed by atoms with Crippen molar-refractivity contribution in [1.82, 2.24) is 5.32 Å². The maximum absolute atomic E-state index is 12.5. The molecule has 0 heterocycles. The molecule has 6 nitrogen and oxygen atoms in total. The molecule has 1 aromatic rings. The second-order valence-electron chi connectivity index (χ2n) is 5.18. The van der Waals surface area contributed by atoms with Crippen LogP contribution in [-0.2, 0) is 4.79 Å². The molecule has 0 bridgehead atoms. The third kappa shape index (κ3) is 3.82. The van der Waals surface area contributed by atoms with Crippen LogP contribution in [0.15, 0.2) is 17.8 Å². The van der Waals surface area contributed by atoms with Crippen LogP contribution in [0.2, 0.25) is 5.02 Å². The summed E-state index contributed by atoms with van der Waals surface area (Å²) >= 11 is 6.31. The number of ketones is 1. The van der Waals surface area contributed by atoms with E-state index in [9.17, 15) is 9.59 Å². The van der Waals surface area contributed by atoms with Gasteiger partial charge in [0.1, 0.15) is 0 Å². The van der Waals surface area contributed by atoms with E-state index in [0.717, 1.165) is 0 Å². The smallest absolute Gasteiger partial charge is 0.257 e. The van der Waals surface area contributed by atoms with Crippen molar-refractivity contribution in [2.45, 2.75) is 26.2 Å². The topological polar surface area (TPSA) is 73.9 Å². The molecule has 0 aliphatic heterocycles. The van der Waals surface area contributed by atoms with Crippen LogP contribution < -0.4 is 19.5 Å². The van der Waals surface area contributed by atoms with Crippen molar-refractivity contribution in [1.29, 1.82) is 0 Å². The van der Waals surface area contributed by atoms with Crippen molar-refractivity contribution in [3.63, 3.8) is 0 Å². The average molecular weight is 354 g/mol. The van der Waals surface area contributed by atoms with E-state index in [2.05, 4.69) is 5.32 Å². The van der Waals surface area contributed by atoms with Crippen LogP contribution in [0.1, 0.15) is 36.5 Å². The summed E-state index contributed by atoms with van der Waals surface area (Å²) in [7, 11) is 2.91. The number of rotatable bonds is 6. The Morgan fingerprint density at radius 1 is 1.25 bits per heavy atom. The molecule has 1 aliphatic carbocycles. The molecule has 0 fully saturated rings. The number of methoxy groups -OCH3 is 2. The molecule has 0 unspecified atom stereocenters. The molecule has 0 saturated heterocycles. The normalized spacial score (nSPS) is 14.0. The first kappa shape index (κ1) is 18.1. The van der Waals surface area contributed by atoms with E-state index in [1.807, 2.05) is 6.92 Å². The minimum atomic E-state index is -0.430. The van der Waals surface area contributed by atoms with Crippen LogP contribution in [0.5, 0.6) is 17.2 Å². The predicted octanol–water partition coefficient (Wildman–Crippen LogP) is 3.12. The van der Waals surface area contributed by atoms with Gasteiger partial charge in [0, 0.05) is 18.2 Å². The first-order valence-corrected chi connectivity index (χ1v) is 8.01. The number of benzene rings is 1. The van der Waals surface area contributed by atoms with Gasteiger partial charge in [-0.25, -0.2) is 0 Å². The van der Waals surface area contributed by atoms with Crippen LogP contribution in [0.4, 0.5) is 0 Å². The zero-order valence-electron chi connectivity index (χ0n) is 13.9. The van der Waals surface area contributed by atoms with E-state index in [4.69, 9.17) is 25.8 Å². The van der Waals surface area contributed by atoms with Gasteiger partial charge >= 0.3 is 0 Å². The van der Waals surface area contributed by atoms with Gasteiger partial charge in [0.05, 0.1) is 31.4 Å². The number of nitrogens with one attached hydrogen (secondary N) is 1. The van der Waals surface area contributed by atoms with E-state index in [1.165, 1.54) is 26.4 Å². The van der Waals surface area contributed by atoms with E-state index >= 15 is 0 Å². The van der Waals surface area contributed by atoms with Crippen molar-refractivity contribution in [2.24, 2.45) is 0 Å². The van der Waals surface area contributed by atoms with Gasteiger partial charge in [0.2, 0.25) is 5.75 Å². The van der Waals surface area contributed by atoms with Crippen LogP contribution in [-0.4, -0.2) is 32.5 Å². The largest absolute Gasteiger partial charge is 0.493 e. The fraction of sp³-hybridized carbons (Fsp3) is 0.412. The van der Waals surface area contributed by atoms with Crippen molar-refractivity contribution in [2.75, 3.05) is 20.8 Å². The van der Waals surface area contributed by atoms with Crippen molar-refractivity contribution in [3.05, 3.63) is 28.4 Å². The minimum absolute atomic E-state index is 0.00417. The maximum Gasteiger partial charge on any atom is 0.257 e. The number of carbonyl (C=O) groups excluding carboxylic acids is 2. The predicted molar refractivity (Wildman–Crippen MR) is 90.1 cm³/mol. The maximum atomic E-state index is 12.5. The van der Waals surface area contributed by atoms with Crippen LogP contribution >= 0.6 is 11.6 Å². The van der Waals surface area contributed by atoms with E-state index in [1.54, 1.807) is 0 Å². The standard InChI is InChI=1S/C17H20ClNO5/c1-4-24-15-13(22-2)9-12(14(18)16(15)23-3)17(21)19-10-6-5-7-11(20)8-10/h8-9H,4-7H2,1-3H3,(H,19,21). The lowest BCUT2D eigenvalue weighted by molar-refractivity contribution is -0.115. The molecule has 7 heteroatoms. The number of allylic oxidation sites excluding steroid dienone is 2. The summed E-state index contributed by atoms with van der Waals surface area (Å²) in [5.74, 6) is 0.495. The fourth-order valence-corrected chi connectivity index (χ4v) is 2.78. The molecule has 0 spiro atoms. The van der Waals surface area contributed by atoms with Crippen LogP contribution in [0, 0.1) is 0 Å². The Labute approximate surface area is 145 Å². The first-order valence-electron chi connectivity index (χ1n) is 7.63. The third-order valence-corrected chi connectivity index (χ3v) is 3.95. The second kappa shape index (κ2) is 8.06. The van der Waals surface area contributed by atoms with Gasteiger partial charge in [-0.15, -0.1) is 0 Å². The number of carbonyl (C=O) groups is 2. The molecule has 1 aliphatic rings. The third-order valence-electron chi connectivity index (χ3n) is 3.58. The molecule has 1 aromatic carbocycles. The number of hydrogen-bond acceptors (Lipinski definition) is 5. The Hall–Kier alpha value is -2.21. The van der Waals surface area contributed by atoms with Crippen molar-refractivity contribution >= 4 is 23.3 Å². The van der Waals surface area contributed by atoms with Gasteiger partial charge in [0.15, 0.2) is 17.3 Å². The molecular weight excluding hydrogens is 334 g/mol. The lowest BCUT2D eigenvalue weighted by atomic mass is 10.0. The number of halogens is 1. The molecule has 1 N–H and O–H groups in total. The zero-order valence-corrected chi connectivity index (χ0v) is 14.7. The molecule has 0 atom stereocenters. The van der Waals surface area contributed by atoms with Gasteiger partial charge in [0.25, 0.3) is 5.91 Å².